The molecule has 0 radical (unpaired) electrons. The number of esters is 1. The molecular weight excluding hydrogens is 815 g/mol. The van der Waals surface area contributed by atoms with E-state index in [4.69, 9.17) is 4.74 Å². The average Bonchev–Trinajstić information content (AvgIpc) is 3.32. The summed E-state index contributed by atoms with van der Waals surface area (Å²) in [4.78, 5) is 24.5. The number of carbonyl (C=O) groups is 2. The molecule has 0 aliphatic rings. The number of rotatable bonds is 54. The predicted molar refractivity (Wildman–Crippen MR) is 287 cm³/mol. The first-order valence-corrected chi connectivity index (χ1v) is 29.2. The summed E-state index contributed by atoms with van der Waals surface area (Å²) in [5.41, 5.74) is 0. The van der Waals surface area contributed by atoms with Crippen molar-refractivity contribution in [3.05, 3.63) is 36.5 Å². The Labute approximate surface area is 411 Å². The standard InChI is InChI=1S/C60H113NO5/c1-3-5-7-9-11-13-15-16-17-23-27-30-34-38-42-46-50-54-60(65)66-55-51-47-43-39-35-31-28-25-22-20-18-19-21-24-26-29-33-37-41-45-49-53-59(64)61-57(56-62)58(63)52-48-44-40-36-32-14-12-10-8-6-4-2/h11,13,16-17,19,21,57-58,62-63H,3-10,12,14-15,18,20,22-56H2,1-2H3,(H,61,64)/b13-11-,17-16-,21-19-. The summed E-state index contributed by atoms with van der Waals surface area (Å²) in [5, 5.41) is 23.2. The molecule has 66 heavy (non-hydrogen) atoms. The van der Waals surface area contributed by atoms with Gasteiger partial charge in [0.05, 0.1) is 25.4 Å². The van der Waals surface area contributed by atoms with E-state index in [0.29, 0.717) is 25.9 Å². The second-order valence-corrected chi connectivity index (χ2v) is 20.0. The molecular formula is C60H113NO5. The molecule has 0 spiro atoms. The van der Waals surface area contributed by atoms with Gasteiger partial charge in [-0.05, 0) is 83.5 Å². The number of allylic oxidation sites excluding steroid dienone is 6. The molecule has 0 aromatic heterocycles. The number of amides is 1. The van der Waals surface area contributed by atoms with Crippen molar-refractivity contribution >= 4 is 11.9 Å². The fourth-order valence-electron chi connectivity index (χ4n) is 8.90. The van der Waals surface area contributed by atoms with Crippen molar-refractivity contribution in [2.75, 3.05) is 13.2 Å². The highest BCUT2D eigenvalue weighted by atomic mass is 16.5. The maximum atomic E-state index is 12.4. The molecule has 1 amide bonds. The quantitative estimate of drug-likeness (QED) is 0.0321. The Morgan fingerprint density at radius 1 is 0.424 bits per heavy atom. The third-order valence-corrected chi connectivity index (χ3v) is 13.4. The number of ether oxygens (including phenoxy) is 1. The molecule has 6 nitrogen and oxygen atoms in total. The van der Waals surface area contributed by atoms with Crippen molar-refractivity contribution in [3.63, 3.8) is 0 Å². The van der Waals surface area contributed by atoms with E-state index in [1.165, 1.54) is 225 Å². The van der Waals surface area contributed by atoms with Gasteiger partial charge < -0.3 is 20.3 Å². The van der Waals surface area contributed by atoms with Crippen LogP contribution in [0, 0.1) is 0 Å². The molecule has 388 valence electrons. The zero-order valence-electron chi connectivity index (χ0n) is 44.2. The second-order valence-electron chi connectivity index (χ2n) is 20.0. The molecule has 2 atom stereocenters. The van der Waals surface area contributed by atoms with Gasteiger partial charge in [0, 0.05) is 12.8 Å². The zero-order chi connectivity index (χ0) is 47.9. The van der Waals surface area contributed by atoms with Crippen molar-refractivity contribution in [3.8, 4) is 0 Å². The van der Waals surface area contributed by atoms with Gasteiger partial charge in [0.25, 0.3) is 0 Å². The normalized spacial score (nSPS) is 12.8. The molecule has 0 rings (SSSR count). The van der Waals surface area contributed by atoms with Gasteiger partial charge in [-0.2, -0.15) is 0 Å². The van der Waals surface area contributed by atoms with Gasteiger partial charge in [0.1, 0.15) is 0 Å². The van der Waals surface area contributed by atoms with Crippen LogP contribution in [0.2, 0.25) is 0 Å². The number of aliphatic hydroxyl groups is 2. The number of aliphatic hydroxyl groups excluding tert-OH is 2. The molecule has 0 aliphatic heterocycles. The Morgan fingerprint density at radius 2 is 0.758 bits per heavy atom. The van der Waals surface area contributed by atoms with E-state index in [9.17, 15) is 19.8 Å². The highest BCUT2D eigenvalue weighted by molar-refractivity contribution is 5.76. The summed E-state index contributed by atoms with van der Waals surface area (Å²) in [6, 6.07) is -0.546. The third kappa shape index (κ3) is 51.5. The number of carbonyl (C=O) groups excluding carboxylic acids is 2. The minimum absolute atomic E-state index is 0.000220. The molecule has 0 aliphatic carbocycles. The molecule has 0 heterocycles. The largest absolute Gasteiger partial charge is 0.466 e. The van der Waals surface area contributed by atoms with Crippen LogP contribution >= 0.6 is 0 Å². The lowest BCUT2D eigenvalue weighted by molar-refractivity contribution is -0.143. The topological polar surface area (TPSA) is 95.9 Å². The van der Waals surface area contributed by atoms with Crippen LogP contribution in [0.3, 0.4) is 0 Å². The van der Waals surface area contributed by atoms with Crippen LogP contribution in [0.4, 0.5) is 0 Å². The van der Waals surface area contributed by atoms with Crippen LogP contribution < -0.4 is 5.32 Å². The smallest absolute Gasteiger partial charge is 0.305 e. The van der Waals surface area contributed by atoms with Crippen molar-refractivity contribution in [2.45, 2.75) is 321 Å². The molecule has 0 aromatic rings. The molecule has 2 unspecified atom stereocenters. The van der Waals surface area contributed by atoms with Crippen LogP contribution in [0.25, 0.3) is 0 Å². The van der Waals surface area contributed by atoms with Crippen molar-refractivity contribution in [1.29, 1.82) is 0 Å². The van der Waals surface area contributed by atoms with Gasteiger partial charge in [0.2, 0.25) is 5.91 Å². The van der Waals surface area contributed by atoms with Crippen LogP contribution in [0.15, 0.2) is 36.5 Å². The van der Waals surface area contributed by atoms with E-state index >= 15 is 0 Å². The minimum atomic E-state index is -0.668. The molecule has 0 fully saturated rings. The maximum absolute atomic E-state index is 12.4. The molecule has 0 aromatic carbocycles. The van der Waals surface area contributed by atoms with Gasteiger partial charge in [-0.3, -0.25) is 9.59 Å². The fourth-order valence-corrected chi connectivity index (χ4v) is 8.90. The van der Waals surface area contributed by atoms with Crippen LogP contribution in [-0.4, -0.2) is 47.4 Å². The molecule has 0 saturated carbocycles. The summed E-state index contributed by atoms with van der Waals surface area (Å²) in [7, 11) is 0. The lowest BCUT2D eigenvalue weighted by Gasteiger charge is -2.22. The minimum Gasteiger partial charge on any atom is -0.466 e. The van der Waals surface area contributed by atoms with Gasteiger partial charge in [0.15, 0.2) is 0 Å². The summed E-state index contributed by atoms with van der Waals surface area (Å²) in [6.45, 7) is 4.91. The van der Waals surface area contributed by atoms with E-state index in [1.54, 1.807) is 0 Å². The maximum Gasteiger partial charge on any atom is 0.305 e. The zero-order valence-corrected chi connectivity index (χ0v) is 44.2. The number of unbranched alkanes of at least 4 members (excludes halogenated alkanes) is 37. The molecule has 0 saturated heterocycles. The van der Waals surface area contributed by atoms with E-state index in [1.807, 2.05) is 0 Å². The summed E-state index contributed by atoms with van der Waals surface area (Å²) >= 11 is 0. The first-order valence-electron chi connectivity index (χ1n) is 29.2. The van der Waals surface area contributed by atoms with Gasteiger partial charge in [-0.25, -0.2) is 0 Å². The third-order valence-electron chi connectivity index (χ3n) is 13.4. The summed E-state index contributed by atoms with van der Waals surface area (Å²) in [5.74, 6) is -0.0437. The van der Waals surface area contributed by atoms with Crippen LogP contribution in [0.1, 0.15) is 309 Å². The summed E-state index contributed by atoms with van der Waals surface area (Å²) in [6.07, 6.45) is 68.5. The fraction of sp³-hybridized carbons (Fsp3) is 0.867. The van der Waals surface area contributed by atoms with Crippen molar-refractivity contribution in [1.82, 2.24) is 5.32 Å². The summed E-state index contributed by atoms with van der Waals surface area (Å²) < 4.78 is 5.48. The van der Waals surface area contributed by atoms with Crippen molar-refractivity contribution < 1.29 is 24.5 Å². The second kappa shape index (κ2) is 55.7. The molecule has 0 bridgehead atoms. The number of hydrogen-bond acceptors (Lipinski definition) is 5. The van der Waals surface area contributed by atoms with E-state index in [0.717, 1.165) is 51.4 Å². The highest BCUT2D eigenvalue weighted by Crippen LogP contribution is 2.16. The Kier molecular flexibility index (Phi) is 54.1. The monoisotopic (exact) mass is 928 g/mol. The molecule has 6 heteroatoms. The van der Waals surface area contributed by atoms with E-state index in [2.05, 4.69) is 55.6 Å². The van der Waals surface area contributed by atoms with Crippen LogP contribution in [-0.2, 0) is 14.3 Å². The lowest BCUT2D eigenvalue weighted by Crippen LogP contribution is -2.45. The number of nitrogens with one attached hydrogen (secondary N) is 1. The highest BCUT2D eigenvalue weighted by Gasteiger charge is 2.20. The van der Waals surface area contributed by atoms with Crippen molar-refractivity contribution in [2.24, 2.45) is 0 Å². The average molecular weight is 929 g/mol. The van der Waals surface area contributed by atoms with E-state index < -0.39 is 12.1 Å². The predicted octanol–water partition coefficient (Wildman–Crippen LogP) is 18.0. The van der Waals surface area contributed by atoms with Gasteiger partial charge >= 0.3 is 5.97 Å². The lowest BCUT2D eigenvalue weighted by atomic mass is 10.0. The van der Waals surface area contributed by atoms with Gasteiger partial charge in [-0.15, -0.1) is 0 Å². The first-order chi connectivity index (χ1) is 32.5. The van der Waals surface area contributed by atoms with Gasteiger partial charge in [-0.1, -0.05) is 249 Å². The number of hydrogen-bond donors (Lipinski definition) is 3. The molecule has 3 N–H and O–H groups in total. The Balaban J connectivity index is 3.41. The van der Waals surface area contributed by atoms with Crippen LogP contribution in [0.5, 0.6) is 0 Å². The SMILES string of the molecule is CCCCC/C=C\C/C=C\CCCCCCCCCC(=O)OCCCCCCCCCCCC/C=C\CCCCCCCCCC(=O)NC(CO)C(O)CCCCCCCCCCCCC. The first kappa shape index (κ1) is 64.1. The Morgan fingerprint density at radius 3 is 1.20 bits per heavy atom. The Hall–Kier alpha value is -1.92. The van der Waals surface area contributed by atoms with E-state index in [-0.39, 0.29) is 18.5 Å². The Bertz CT molecular complexity index is 1070.